The highest BCUT2D eigenvalue weighted by Crippen LogP contribution is 2.27. The van der Waals surface area contributed by atoms with E-state index in [1.165, 1.54) is 17.7 Å². The van der Waals surface area contributed by atoms with E-state index >= 15 is 0 Å². The van der Waals surface area contributed by atoms with Crippen LogP contribution in [0, 0.1) is 6.92 Å². The Morgan fingerprint density at radius 2 is 2.12 bits per heavy atom. The summed E-state index contributed by atoms with van der Waals surface area (Å²) in [6.07, 6.45) is 4.11. The monoisotopic (exact) mass is 373 g/mol. The van der Waals surface area contributed by atoms with E-state index in [0.717, 1.165) is 29.8 Å². The molecule has 2 aromatic heterocycles. The SMILES string of the molecule is Cc1c(C(=O)NC[C@@H](c2ccco2)[NH+]2CCCC2)oc2ccc(Cl)cc12. The van der Waals surface area contributed by atoms with Crippen molar-refractivity contribution in [2.24, 2.45) is 0 Å². The summed E-state index contributed by atoms with van der Waals surface area (Å²) in [5, 5.41) is 4.53. The summed E-state index contributed by atoms with van der Waals surface area (Å²) in [5.41, 5.74) is 1.48. The van der Waals surface area contributed by atoms with Gasteiger partial charge in [-0.25, -0.2) is 0 Å². The molecule has 5 nitrogen and oxygen atoms in total. The third-order valence-corrected chi connectivity index (χ3v) is 5.43. The molecule has 1 fully saturated rings. The summed E-state index contributed by atoms with van der Waals surface area (Å²) < 4.78 is 11.4. The van der Waals surface area contributed by atoms with Crippen molar-refractivity contribution < 1.29 is 18.5 Å². The van der Waals surface area contributed by atoms with E-state index in [0.29, 0.717) is 22.9 Å². The fraction of sp³-hybridized carbons (Fsp3) is 0.350. The van der Waals surface area contributed by atoms with Crippen molar-refractivity contribution in [3.05, 3.63) is 58.7 Å². The van der Waals surface area contributed by atoms with E-state index in [4.69, 9.17) is 20.4 Å². The number of quaternary nitrogens is 1. The summed E-state index contributed by atoms with van der Waals surface area (Å²) in [7, 11) is 0. The van der Waals surface area contributed by atoms with Crippen molar-refractivity contribution in [1.29, 1.82) is 0 Å². The number of aryl methyl sites for hydroxylation is 1. The topological polar surface area (TPSA) is 59.8 Å². The minimum absolute atomic E-state index is 0.121. The van der Waals surface area contributed by atoms with Crippen LogP contribution in [0.4, 0.5) is 0 Å². The third-order valence-electron chi connectivity index (χ3n) is 5.20. The molecule has 0 spiro atoms. The van der Waals surface area contributed by atoms with Crippen molar-refractivity contribution in [1.82, 2.24) is 5.32 Å². The number of furan rings is 2. The lowest BCUT2D eigenvalue weighted by Crippen LogP contribution is -3.11. The summed E-state index contributed by atoms with van der Waals surface area (Å²) in [4.78, 5) is 14.2. The predicted octanol–water partition coefficient (Wildman–Crippen LogP) is 3.14. The molecule has 1 amide bonds. The van der Waals surface area contributed by atoms with E-state index < -0.39 is 0 Å². The summed E-state index contributed by atoms with van der Waals surface area (Å²) in [6, 6.07) is 9.38. The van der Waals surface area contributed by atoms with Crippen LogP contribution in [0.25, 0.3) is 11.0 Å². The normalized spacial score (nSPS) is 16.2. The molecule has 2 N–H and O–H groups in total. The number of amides is 1. The fourth-order valence-corrected chi connectivity index (χ4v) is 3.97. The van der Waals surface area contributed by atoms with Gasteiger partial charge >= 0.3 is 0 Å². The van der Waals surface area contributed by atoms with E-state index in [2.05, 4.69) is 5.32 Å². The number of likely N-dealkylation sites (tertiary alicyclic amines) is 1. The number of carbonyl (C=O) groups is 1. The van der Waals surface area contributed by atoms with Crippen LogP contribution in [0.1, 0.15) is 40.8 Å². The molecule has 1 aliphatic rings. The zero-order chi connectivity index (χ0) is 18.1. The van der Waals surface area contributed by atoms with Crippen LogP contribution in [0.15, 0.2) is 45.4 Å². The lowest BCUT2D eigenvalue weighted by Gasteiger charge is -2.23. The van der Waals surface area contributed by atoms with Gasteiger partial charge in [-0.2, -0.15) is 0 Å². The highest BCUT2D eigenvalue weighted by molar-refractivity contribution is 6.31. The van der Waals surface area contributed by atoms with Crippen LogP contribution < -0.4 is 10.2 Å². The molecule has 0 radical (unpaired) electrons. The van der Waals surface area contributed by atoms with Gasteiger partial charge in [-0.05, 0) is 37.3 Å². The second-order valence-electron chi connectivity index (χ2n) is 6.84. The molecule has 1 aliphatic heterocycles. The molecule has 136 valence electrons. The minimum Gasteiger partial charge on any atom is -0.463 e. The molecule has 0 unspecified atom stereocenters. The third kappa shape index (κ3) is 3.24. The first-order valence-electron chi connectivity index (χ1n) is 8.98. The molecule has 4 rings (SSSR count). The van der Waals surface area contributed by atoms with Crippen molar-refractivity contribution in [2.45, 2.75) is 25.8 Å². The molecule has 0 bridgehead atoms. The number of hydrogen-bond acceptors (Lipinski definition) is 3. The maximum atomic E-state index is 12.7. The number of carbonyl (C=O) groups excluding carboxylic acids is 1. The lowest BCUT2D eigenvalue weighted by molar-refractivity contribution is -0.919. The van der Waals surface area contributed by atoms with Gasteiger partial charge < -0.3 is 19.1 Å². The number of halogens is 1. The van der Waals surface area contributed by atoms with Crippen molar-refractivity contribution in [2.75, 3.05) is 19.6 Å². The van der Waals surface area contributed by atoms with Crippen LogP contribution >= 0.6 is 11.6 Å². The van der Waals surface area contributed by atoms with E-state index in [-0.39, 0.29) is 11.9 Å². The number of rotatable bonds is 5. The smallest absolute Gasteiger partial charge is 0.287 e. The summed E-state index contributed by atoms with van der Waals surface area (Å²) >= 11 is 6.06. The molecule has 3 aromatic rings. The first-order chi connectivity index (χ1) is 12.6. The molecule has 1 atom stereocenters. The Morgan fingerprint density at radius 3 is 2.85 bits per heavy atom. The van der Waals surface area contributed by atoms with Gasteiger partial charge in [0.1, 0.15) is 5.58 Å². The molecule has 1 saturated heterocycles. The lowest BCUT2D eigenvalue weighted by atomic mass is 10.1. The zero-order valence-electron chi connectivity index (χ0n) is 14.7. The molecular weight excluding hydrogens is 352 g/mol. The number of benzene rings is 1. The van der Waals surface area contributed by atoms with Gasteiger partial charge in [0.15, 0.2) is 17.6 Å². The average molecular weight is 374 g/mol. The van der Waals surface area contributed by atoms with Crippen molar-refractivity contribution >= 4 is 28.5 Å². The Kier molecular flexibility index (Phi) is 4.74. The molecular formula is C20H22ClN2O3+. The van der Waals surface area contributed by atoms with E-state index in [9.17, 15) is 4.79 Å². The standard InChI is InChI=1S/C20H21ClN2O3/c1-13-15-11-14(21)6-7-17(15)26-19(13)20(24)22-12-16(18-5-4-10-25-18)23-8-2-3-9-23/h4-7,10-11,16H,2-3,8-9,12H2,1H3,(H,22,24)/p+1/t16-/m0/s1. The number of fused-ring (bicyclic) bond motifs is 1. The zero-order valence-corrected chi connectivity index (χ0v) is 15.4. The van der Waals surface area contributed by atoms with Crippen LogP contribution in [-0.4, -0.2) is 25.5 Å². The van der Waals surface area contributed by atoms with Gasteiger partial charge in [-0.1, -0.05) is 11.6 Å². The summed E-state index contributed by atoms with van der Waals surface area (Å²) in [6.45, 7) is 4.60. The van der Waals surface area contributed by atoms with Crippen LogP contribution in [-0.2, 0) is 0 Å². The first-order valence-corrected chi connectivity index (χ1v) is 9.36. The van der Waals surface area contributed by atoms with E-state index in [1.54, 1.807) is 18.4 Å². The Balaban J connectivity index is 1.53. The Hall–Kier alpha value is -2.24. The van der Waals surface area contributed by atoms with Gasteiger partial charge in [0, 0.05) is 28.8 Å². The molecule has 0 saturated carbocycles. The molecule has 1 aromatic carbocycles. The summed E-state index contributed by atoms with van der Waals surface area (Å²) in [5.74, 6) is 1.05. The van der Waals surface area contributed by atoms with Gasteiger partial charge in [-0.15, -0.1) is 0 Å². The molecule has 26 heavy (non-hydrogen) atoms. The van der Waals surface area contributed by atoms with E-state index in [1.807, 2.05) is 25.1 Å². The predicted molar refractivity (Wildman–Crippen MR) is 99.7 cm³/mol. The minimum atomic E-state index is -0.204. The highest BCUT2D eigenvalue weighted by atomic mass is 35.5. The quantitative estimate of drug-likeness (QED) is 0.722. The largest absolute Gasteiger partial charge is 0.463 e. The van der Waals surface area contributed by atoms with Gasteiger partial charge in [0.05, 0.1) is 25.9 Å². The second kappa shape index (κ2) is 7.17. The molecule has 6 heteroatoms. The molecule has 0 aliphatic carbocycles. The average Bonchev–Trinajstić information content (AvgIpc) is 3.38. The van der Waals surface area contributed by atoms with Gasteiger partial charge in [0.25, 0.3) is 5.91 Å². The fourth-order valence-electron chi connectivity index (χ4n) is 3.80. The van der Waals surface area contributed by atoms with Crippen molar-refractivity contribution in [3.63, 3.8) is 0 Å². The Labute approximate surface area is 156 Å². The molecule has 3 heterocycles. The second-order valence-corrected chi connectivity index (χ2v) is 7.28. The Bertz CT molecular complexity index is 911. The Morgan fingerprint density at radius 1 is 1.31 bits per heavy atom. The maximum absolute atomic E-state index is 12.7. The maximum Gasteiger partial charge on any atom is 0.287 e. The first kappa shape index (κ1) is 17.2. The van der Waals surface area contributed by atoms with Crippen LogP contribution in [0.3, 0.4) is 0 Å². The van der Waals surface area contributed by atoms with Crippen LogP contribution in [0.5, 0.6) is 0 Å². The van der Waals surface area contributed by atoms with Crippen LogP contribution in [0.2, 0.25) is 5.02 Å². The number of hydrogen-bond donors (Lipinski definition) is 2. The highest BCUT2D eigenvalue weighted by Gasteiger charge is 2.30. The van der Waals surface area contributed by atoms with Crippen molar-refractivity contribution in [3.8, 4) is 0 Å². The number of nitrogens with one attached hydrogen (secondary N) is 2. The van der Waals surface area contributed by atoms with Gasteiger partial charge in [-0.3, -0.25) is 4.79 Å². The van der Waals surface area contributed by atoms with Gasteiger partial charge in [0.2, 0.25) is 0 Å².